The van der Waals surface area contributed by atoms with Crippen LogP contribution in [0.15, 0.2) is 48.8 Å². The number of amides is 1. The zero-order chi connectivity index (χ0) is 16.5. The Morgan fingerprint density at radius 3 is 2.67 bits per heavy atom. The van der Waals surface area contributed by atoms with Crippen molar-refractivity contribution in [2.75, 3.05) is 31.1 Å². The van der Waals surface area contributed by atoms with Crippen LogP contribution < -0.4 is 4.90 Å². The molecule has 0 N–H and O–H groups in total. The number of fused-ring (bicyclic) bond motifs is 1. The van der Waals surface area contributed by atoms with Crippen molar-refractivity contribution >= 4 is 29.0 Å². The largest absolute Gasteiger partial charge is 0.353 e. The Kier molecular flexibility index (Phi) is 3.82. The van der Waals surface area contributed by atoms with Gasteiger partial charge in [0.05, 0.1) is 6.20 Å². The van der Waals surface area contributed by atoms with E-state index in [2.05, 4.69) is 15.0 Å². The van der Waals surface area contributed by atoms with Gasteiger partial charge in [-0.3, -0.25) is 4.79 Å². The van der Waals surface area contributed by atoms with Gasteiger partial charge in [0.1, 0.15) is 5.82 Å². The van der Waals surface area contributed by atoms with Crippen LogP contribution >= 0.6 is 11.6 Å². The van der Waals surface area contributed by atoms with E-state index >= 15 is 0 Å². The first-order chi connectivity index (χ1) is 11.7. The first-order valence-corrected chi connectivity index (χ1v) is 8.19. The van der Waals surface area contributed by atoms with Crippen LogP contribution in [0.3, 0.4) is 0 Å². The van der Waals surface area contributed by atoms with Gasteiger partial charge in [0.2, 0.25) is 0 Å². The average molecular weight is 342 g/mol. The molecule has 3 heterocycles. The van der Waals surface area contributed by atoms with Gasteiger partial charge in [-0.2, -0.15) is 9.61 Å². The van der Waals surface area contributed by atoms with Crippen LogP contribution in [-0.2, 0) is 0 Å². The van der Waals surface area contributed by atoms with Gasteiger partial charge in [-0.05, 0) is 24.3 Å². The molecule has 0 atom stereocenters. The summed E-state index contributed by atoms with van der Waals surface area (Å²) >= 11 is 5.98. The van der Waals surface area contributed by atoms with E-state index in [1.807, 2.05) is 21.5 Å². The minimum atomic E-state index is 0.0242. The van der Waals surface area contributed by atoms with Crippen molar-refractivity contribution < 1.29 is 4.79 Å². The summed E-state index contributed by atoms with van der Waals surface area (Å²) in [6.07, 6.45) is 3.53. The molecule has 1 aliphatic heterocycles. The van der Waals surface area contributed by atoms with Crippen molar-refractivity contribution in [3.63, 3.8) is 0 Å². The van der Waals surface area contributed by atoms with E-state index < -0.39 is 0 Å². The second kappa shape index (κ2) is 6.13. The maximum absolute atomic E-state index is 12.6. The van der Waals surface area contributed by atoms with E-state index in [9.17, 15) is 4.79 Å². The molecular weight excluding hydrogens is 326 g/mol. The summed E-state index contributed by atoms with van der Waals surface area (Å²) in [5.41, 5.74) is 1.46. The number of benzene rings is 1. The monoisotopic (exact) mass is 341 g/mol. The molecule has 1 aliphatic rings. The lowest BCUT2D eigenvalue weighted by atomic mass is 10.2. The molecule has 1 aromatic carbocycles. The van der Waals surface area contributed by atoms with Crippen LogP contribution in [0.1, 0.15) is 10.4 Å². The number of carbonyl (C=O) groups is 1. The quantitative estimate of drug-likeness (QED) is 0.718. The molecule has 6 nitrogen and oxygen atoms in total. The number of hydrogen-bond acceptors (Lipinski definition) is 4. The summed E-state index contributed by atoms with van der Waals surface area (Å²) in [4.78, 5) is 21.0. The Labute approximate surface area is 144 Å². The summed E-state index contributed by atoms with van der Waals surface area (Å²) in [7, 11) is 0. The molecule has 0 saturated carbocycles. The topological polar surface area (TPSA) is 53.7 Å². The lowest BCUT2D eigenvalue weighted by Gasteiger charge is -2.36. The molecule has 4 rings (SSSR count). The van der Waals surface area contributed by atoms with Crippen LogP contribution in [0, 0.1) is 0 Å². The van der Waals surface area contributed by atoms with Crippen LogP contribution in [-0.4, -0.2) is 51.6 Å². The summed E-state index contributed by atoms with van der Waals surface area (Å²) in [5, 5.41) is 4.90. The van der Waals surface area contributed by atoms with Gasteiger partial charge in [0, 0.05) is 49.0 Å². The molecule has 1 amide bonds. The summed E-state index contributed by atoms with van der Waals surface area (Å²) in [6, 6.07) is 10.9. The fourth-order valence-electron chi connectivity index (χ4n) is 3.00. The molecule has 0 unspecified atom stereocenters. The molecule has 122 valence electrons. The van der Waals surface area contributed by atoms with Gasteiger partial charge >= 0.3 is 0 Å². The van der Waals surface area contributed by atoms with Gasteiger partial charge in [-0.25, -0.2) is 4.98 Å². The second-order valence-electron chi connectivity index (χ2n) is 5.69. The maximum Gasteiger partial charge on any atom is 0.254 e. The second-order valence-corrected chi connectivity index (χ2v) is 6.13. The first kappa shape index (κ1) is 15.0. The smallest absolute Gasteiger partial charge is 0.254 e. The van der Waals surface area contributed by atoms with Crippen molar-refractivity contribution in [2.45, 2.75) is 0 Å². The third kappa shape index (κ3) is 2.69. The van der Waals surface area contributed by atoms with Gasteiger partial charge in [-0.1, -0.05) is 17.7 Å². The van der Waals surface area contributed by atoms with Crippen LogP contribution in [0.5, 0.6) is 0 Å². The molecule has 0 bridgehead atoms. The molecule has 0 radical (unpaired) electrons. The van der Waals surface area contributed by atoms with Gasteiger partial charge in [0.25, 0.3) is 5.91 Å². The lowest BCUT2D eigenvalue weighted by molar-refractivity contribution is 0.0746. The highest BCUT2D eigenvalue weighted by Gasteiger charge is 2.23. The van der Waals surface area contributed by atoms with Gasteiger partial charge < -0.3 is 9.80 Å². The van der Waals surface area contributed by atoms with E-state index in [1.54, 1.807) is 36.7 Å². The van der Waals surface area contributed by atoms with E-state index in [4.69, 9.17) is 11.6 Å². The molecule has 1 saturated heterocycles. The first-order valence-electron chi connectivity index (χ1n) is 7.81. The Hall–Kier alpha value is -2.60. The van der Waals surface area contributed by atoms with Crippen LogP contribution in [0.4, 0.5) is 5.82 Å². The minimum Gasteiger partial charge on any atom is -0.353 e. The van der Waals surface area contributed by atoms with E-state index in [0.717, 1.165) is 24.6 Å². The highest BCUT2D eigenvalue weighted by atomic mass is 35.5. The molecule has 0 spiro atoms. The summed E-state index contributed by atoms with van der Waals surface area (Å²) < 4.78 is 1.83. The van der Waals surface area contributed by atoms with Gasteiger partial charge in [-0.15, -0.1) is 0 Å². The number of hydrogen-bond donors (Lipinski definition) is 0. The van der Waals surface area contributed by atoms with Crippen molar-refractivity contribution in [2.24, 2.45) is 0 Å². The normalized spacial score (nSPS) is 15.0. The number of piperazine rings is 1. The zero-order valence-electron chi connectivity index (χ0n) is 13.0. The van der Waals surface area contributed by atoms with Crippen LogP contribution in [0.2, 0.25) is 5.02 Å². The zero-order valence-corrected chi connectivity index (χ0v) is 13.7. The highest BCUT2D eigenvalue weighted by molar-refractivity contribution is 6.30. The van der Waals surface area contributed by atoms with Crippen molar-refractivity contribution in [1.29, 1.82) is 0 Å². The number of halogens is 1. The SMILES string of the molecule is O=C(c1cccc(Cl)c1)N1CCN(c2ccnc3ccnn23)CC1. The molecule has 1 fully saturated rings. The number of aromatic nitrogens is 3. The fraction of sp³-hybridized carbons (Fsp3) is 0.235. The Morgan fingerprint density at radius 1 is 1.04 bits per heavy atom. The number of anilines is 1. The van der Waals surface area contributed by atoms with Gasteiger partial charge in [0.15, 0.2) is 5.65 Å². The maximum atomic E-state index is 12.6. The van der Waals surface area contributed by atoms with Crippen molar-refractivity contribution in [3.05, 3.63) is 59.4 Å². The third-order valence-corrected chi connectivity index (χ3v) is 4.47. The molecular formula is C17H16ClN5O. The highest BCUT2D eigenvalue weighted by Crippen LogP contribution is 2.18. The van der Waals surface area contributed by atoms with E-state index in [1.165, 1.54) is 0 Å². The van der Waals surface area contributed by atoms with Crippen LogP contribution in [0.25, 0.3) is 5.65 Å². The minimum absolute atomic E-state index is 0.0242. The summed E-state index contributed by atoms with van der Waals surface area (Å²) in [5.74, 6) is 1.02. The summed E-state index contributed by atoms with van der Waals surface area (Å²) in [6.45, 7) is 2.84. The Bertz CT molecular complexity index is 885. The van der Waals surface area contributed by atoms with E-state index in [0.29, 0.717) is 23.7 Å². The lowest BCUT2D eigenvalue weighted by Crippen LogP contribution is -2.49. The number of rotatable bonds is 2. The third-order valence-electron chi connectivity index (χ3n) is 4.23. The molecule has 2 aromatic heterocycles. The molecule has 3 aromatic rings. The predicted molar refractivity (Wildman–Crippen MR) is 92.6 cm³/mol. The predicted octanol–water partition coefficient (Wildman–Crippen LogP) is 2.35. The number of carbonyl (C=O) groups excluding carboxylic acids is 1. The standard InChI is InChI=1S/C17H16ClN5O/c18-14-3-1-2-13(12-14)17(24)22-10-8-21(9-11-22)16-5-6-19-15-4-7-20-23(15)16/h1-7,12H,8-11H2. The molecule has 7 heteroatoms. The van der Waals surface area contributed by atoms with Crippen molar-refractivity contribution in [1.82, 2.24) is 19.5 Å². The number of nitrogens with zero attached hydrogens (tertiary/aromatic N) is 5. The van der Waals surface area contributed by atoms with E-state index in [-0.39, 0.29) is 5.91 Å². The fourth-order valence-corrected chi connectivity index (χ4v) is 3.19. The molecule has 24 heavy (non-hydrogen) atoms. The average Bonchev–Trinajstić information content (AvgIpc) is 3.10. The Balaban J connectivity index is 1.49. The molecule has 0 aliphatic carbocycles. The van der Waals surface area contributed by atoms with Crippen molar-refractivity contribution in [3.8, 4) is 0 Å². The Morgan fingerprint density at radius 2 is 1.88 bits per heavy atom.